The Bertz CT molecular complexity index is 357. The van der Waals surface area contributed by atoms with Crippen molar-refractivity contribution >= 4 is 27.5 Å². The minimum atomic E-state index is 0.340. The summed E-state index contributed by atoms with van der Waals surface area (Å²) in [5.74, 6) is 0. The Morgan fingerprint density at radius 3 is 2.76 bits per heavy atom. The van der Waals surface area contributed by atoms with E-state index in [1.54, 1.807) is 0 Å². The Balaban J connectivity index is 2.64. The third kappa shape index (κ3) is 4.59. The van der Waals surface area contributed by atoms with Gasteiger partial charge in [0.15, 0.2) is 0 Å². The van der Waals surface area contributed by atoms with Crippen LogP contribution in [0.5, 0.6) is 0 Å². The molecule has 0 radical (unpaired) electrons. The highest BCUT2D eigenvalue weighted by molar-refractivity contribution is 9.10. The van der Waals surface area contributed by atoms with Crippen LogP contribution in [0.25, 0.3) is 0 Å². The lowest BCUT2D eigenvalue weighted by Gasteiger charge is -2.25. The molecule has 0 bridgehead atoms. The first kappa shape index (κ1) is 15.0. The van der Waals surface area contributed by atoms with Crippen LogP contribution in [0.4, 0.5) is 0 Å². The van der Waals surface area contributed by atoms with E-state index in [0.29, 0.717) is 6.04 Å². The van der Waals surface area contributed by atoms with Gasteiger partial charge in [-0.3, -0.25) is 4.90 Å². The molecule has 0 saturated carbocycles. The molecule has 1 unspecified atom stereocenters. The fourth-order valence-electron chi connectivity index (χ4n) is 1.78. The summed E-state index contributed by atoms with van der Waals surface area (Å²) in [5, 5.41) is 3.99. The average molecular weight is 320 g/mol. The third-order valence-corrected chi connectivity index (χ3v) is 3.83. The highest BCUT2D eigenvalue weighted by atomic mass is 79.9. The number of halogens is 2. The molecular weight excluding hydrogens is 300 g/mol. The third-order valence-electron chi connectivity index (χ3n) is 3.01. The van der Waals surface area contributed by atoms with E-state index in [0.717, 1.165) is 29.0 Å². The van der Waals surface area contributed by atoms with E-state index in [4.69, 9.17) is 11.6 Å². The lowest BCUT2D eigenvalue weighted by Crippen LogP contribution is -2.26. The molecule has 0 aliphatic rings. The van der Waals surface area contributed by atoms with Crippen molar-refractivity contribution in [3.8, 4) is 0 Å². The van der Waals surface area contributed by atoms with Crippen molar-refractivity contribution in [3.05, 3.63) is 33.3 Å². The Kier molecular flexibility index (Phi) is 6.49. The smallest absolute Gasteiger partial charge is 0.0464 e. The van der Waals surface area contributed by atoms with Gasteiger partial charge >= 0.3 is 0 Å². The first-order valence-corrected chi connectivity index (χ1v) is 7.03. The van der Waals surface area contributed by atoms with Crippen LogP contribution in [-0.2, 0) is 0 Å². The van der Waals surface area contributed by atoms with Crippen molar-refractivity contribution in [1.82, 2.24) is 10.2 Å². The molecule has 0 aliphatic carbocycles. The summed E-state index contributed by atoms with van der Waals surface area (Å²) in [6, 6.07) is 6.42. The van der Waals surface area contributed by atoms with E-state index in [2.05, 4.69) is 46.2 Å². The summed E-state index contributed by atoms with van der Waals surface area (Å²) in [5.41, 5.74) is 1.18. The highest BCUT2D eigenvalue weighted by Gasteiger charge is 2.14. The van der Waals surface area contributed by atoms with Gasteiger partial charge in [-0.05, 0) is 58.2 Å². The first-order chi connectivity index (χ1) is 8.06. The lowest BCUT2D eigenvalue weighted by atomic mass is 10.1. The molecule has 0 aliphatic heterocycles. The number of hydrogen-bond acceptors (Lipinski definition) is 2. The molecule has 17 heavy (non-hydrogen) atoms. The van der Waals surface area contributed by atoms with E-state index >= 15 is 0 Å². The van der Waals surface area contributed by atoms with Gasteiger partial charge in [0.1, 0.15) is 0 Å². The second kappa shape index (κ2) is 7.37. The molecule has 96 valence electrons. The summed E-state index contributed by atoms with van der Waals surface area (Å²) in [4.78, 5) is 2.33. The standard InChI is InChI=1S/C13H20BrClN2/c1-10(17(3)8-4-7-16-2)12-6-5-11(14)9-13(12)15/h5-6,9-10,16H,4,7-8H2,1-3H3. The zero-order valence-corrected chi connectivity index (χ0v) is 13.0. The van der Waals surface area contributed by atoms with Gasteiger partial charge in [0, 0.05) is 15.5 Å². The van der Waals surface area contributed by atoms with Crippen molar-refractivity contribution in [2.45, 2.75) is 19.4 Å². The van der Waals surface area contributed by atoms with Crippen LogP contribution in [0.2, 0.25) is 5.02 Å². The van der Waals surface area contributed by atoms with Crippen LogP contribution in [0.1, 0.15) is 24.9 Å². The number of nitrogens with one attached hydrogen (secondary N) is 1. The summed E-state index contributed by atoms with van der Waals surface area (Å²) in [6.07, 6.45) is 1.14. The first-order valence-electron chi connectivity index (χ1n) is 5.86. The summed E-state index contributed by atoms with van der Waals surface area (Å²) >= 11 is 9.69. The molecule has 0 spiro atoms. The fraction of sp³-hybridized carbons (Fsp3) is 0.538. The number of hydrogen-bond donors (Lipinski definition) is 1. The van der Waals surface area contributed by atoms with E-state index in [1.807, 2.05) is 19.2 Å². The predicted octanol–water partition coefficient (Wildman–Crippen LogP) is 3.70. The zero-order valence-electron chi connectivity index (χ0n) is 10.6. The molecule has 1 aromatic carbocycles. The Labute approximate surface area is 117 Å². The molecule has 0 saturated heterocycles. The molecule has 1 rings (SSSR count). The Morgan fingerprint density at radius 2 is 2.18 bits per heavy atom. The summed E-state index contributed by atoms with van der Waals surface area (Å²) in [6.45, 7) is 4.30. The van der Waals surface area contributed by atoms with Crippen LogP contribution < -0.4 is 5.32 Å². The maximum atomic E-state index is 6.26. The zero-order chi connectivity index (χ0) is 12.8. The van der Waals surface area contributed by atoms with Crippen molar-refractivity contribution in [1.29, 1.82) is 0 Å². The van der Waals surface area contributed by atoms with E-state index in [-0.39, 0.29) is 0 Å². The number of benzene rings is 1. The van der Waals surface area contributed by atoms with Gasteiger partial charge in [-0.15, -0.1) is 0 Å². The van der Waals surface area contributed by atoms with Crippen molar-refractivity contribution < 1.29 is 0 Å². The summed E-state index contributed by atoms with van der Waals surface area (Å²) in [7, 11) is 4.12. The monoisotopic (exact) mass is 318 g/mol. The molecule has 0 amide bonds. The normalized spacial score (nSPS) is 13.1. The number of nitrogens with zero attached hydrogens (tertiary/aromatic N) is 1. The molecule has 0 heterocycles. The fourth-order valence-corrected chi connectivity index (χ4v) is 2.61. The lowest BCUT2D eigenvalue weighted by molar-refractivity contribution is 0.258. The van der Waals surface area contributed by atoms with E-state index in [9.17, 15) is 0 Å². The van der Waals surface area contributed by atoms with Gasteiger partial charge in [0.25, 0.3) is 0 Å². The largest absolute Gasteiger partial charge is 0.320 e. The molecular formula is C13H20BrClN2. The molecule has 4 heteroatoms. The van der Waals surface area contributed by atoms with Crippen molar-refractivity contribution in [2.75, 3.05) is 27.2 Å². The Morgan fingerprint density at radius 1 is 1.47 bits per heavy atom. The second-order valence-electron chi connectivity index (χ2n) is 4.28. The topological polar surface area (TPSA) is 15.3 Å². The number of rotatable bonds is 6. The van der Waals surface area contributed by atoms with Gasteiger partial charge in [-0.2, -0.15) is 0 Å². The molecule has 1 atom stereocenters. The second-order valence-corrected chi connectivity index (χ2v) is 5.60. The SMILES string of the molecule is CNCCCN(C)C(C)c1ccc(Br)cc1Cl. The highest BCUT2D eigenvalue weighted by Crippen LogP contribution is 2.29. The molecule has 1 aromatic rings. The summed E-state index contributed by atoms with van der Waals surface area (Å²) < 4.78 is 1.02. The van der Waals surface area contributed by atoms with E-state index < -0.39 is 0 Å². The quantitative estimate of drug-likeness (QED) is 0.804. The van der Waals surface area contributed by atoms with Gasteiger partial charge in [0.05, 0.1) is 0 Å². The van der Waals surface area contributed by atoms with Gasteiger partial charge in [-0.1, -0.05) is 33.6 Å². The maximum Gasteiger partial charge on any atom is 0.0464 e. The van der Waals surface area contributed by atoms with Gasteiger partial charge in [0.2, 0.25) is 0 Å². The van der Waals surface area contributed by atoms with Crippen LogP contribution in [0.15, 0.2) is 22.7 Å². The average Bonchev–Trinajstić information content (AvgIpc) is 2.28. The Hall–Kier alpha value is -0.0900. The maximum absolute atomic E-state index is 6.26. The van der Waals surface area contributed by atoms with Crippen LogP contribution in [0.3, 0.4) is 0 Å². The molecule has 1 N–H and O–H groups in total. The van der Waals surface area contributed by atoms with Crippen LogP contribution in [0, 0.1) is 0 Å². The van der Waals surface area contributed by atoms with Crippen molar-refractivity contribution in [3.63, 3.8) is 0 Å². The van der Waals surface area contributed by atoms with Crippen LogP contribution >= 0.6 is 27.5 Å². The van der Waals surface area contributed by atoms with Crippen molar-refractivity contribution in [2.24, 2.45) is 0 Å². The van der Waals surface area contributed by atoms with Gasteiger partial charge < -0.3 is 5.32 Å². The molecule has 0 fully saturated rings. The van der Waals surface area contributed by atoms with Crippen LogP contribution in [-0.4, -0.2) is 32.1 Å². The molecule has 0 aromatic heterocycles. The van der Waals surface area contributed by atoms with Gasteiger partial charge in [-0.25, -0.2) is 0 Å². The molecule has 2 nitrogen and oxygen atoms in total. The predicted molar refractivity (Wildman–Crippen MR) is 78.7 cm³/mol. The minimum Gasteiger partial charge on any atom is -0.320 e. The minimum absolute atomic E-state index is 0.340. The van der Waals surface area contributed by atoms with E-state index in [1.165, 1.54) is 5.56 Å².